The van der Waals surface area contributed by atoms with Gasteiger partial charge in [0.15, 0.2) is 5.82 Å². The third-order valence-corrected chi connectivity index (χ3v) is 2.43. The molecule has 0 spiro atoms. The van der Waals surface area contributed by atoms with Crippen LogP contribution in [0.3, 0.4) is 0 Å². The van der Waals surface area contributed by atoms with Crippen LogP contribution in [0.2, 0.25) is 5.28 Å². The molecule has 100 valence electrons. The monoisotopic (exact) mass is 279 g/mol. The molecular weight excluding hydrogens is 266 g/mol. The van der Waals surface area contributed by atoms with Crippen LogP contribution in [-0.2, 0) is 0 Å². The van der Waals surface area contributed by atoms with Gasteiger partial charge in [0.05, 0.1) is 13.2 Å². The summed E-state index contributed by atoms with van der Waals surface area (Å²) in [7, 11) is 1.60. The van der Waals surface area contributed by atoms with Crippen LogP contribution in [0.25, 0.3) is 11.4 Å². The second-order valence-electron chi connectivity index (χ2n) is 4.11. The minimum absolute atomic E-state index is 0.0309. The summed E-state index contributed by atoms with van der Waals surface area (Å²) in [5, 5.41) is 0.100. The highest BCUT2D eigenvalue weighted by Gasteiger charge is 2.10. The largest absolute Gasteiger partial charge is 0.497 e. The Labute approximate surface area is 116 Å². The third-order valence-electron chi connectivity index (χ3n) is 2.26. The molecule has 19 heavy (non-hydrogen) atoms. The smallest absolute Gasteiger partial charge is 0.321 e. The first-order chi connectivity index (χ1) is 9.08. The molecule has 1 heterocycles. The zero-order chi connectivity index (χ0) is 13.8. The Hall–Kier alpha value is -1.88. The van der Waals surface area contributed by atoms with Crippen LogP contribution >= 0.6 is 11.6 Å². The standard InChI is InChI=1S/C13H14ClN3O2/c1-8(2)19-13-16-11(15-12(14)17-13)9-5-4-6-10(7-9)18-3/h4-8H,1-3H3. The Balaban J connectivity index is 2.40. The maximum atomic E-state index is 5.88. The number of hydrogen-bond acceptors (Lipinski definition) is 5. The van der Waals surface area contributed by atoms with E-state index in [2.05, 4.69) is 15.0 Å². The van der Waals surface area contributed by atoms with E-state index in [9.17, 15) is 0 Å². The number of benzene rings is 1. The number of rotatable bonds is 4. The van der Waals surface area contributed by atoms with E-state index in [1.807, 2.05) is 38.1 Å². The summed E-state index contributed by atoms with van der Waals surface area (Å²) >= 11 is 5.88. The maximum Gasteiger partial charge on any atom is 0.321 e. The van der Waals surface area contributed by atoms with Crippen molar-refractivity contribution < 1.29 is 9.47 Å². The van der Waals surface area contributed by atoms with Crippen molar-refractivity contribution in [1.82, 2.24) is 15.0 Å². The van der Waals surface area contributed by atoms with Crippen molar-refractivity contribution in [3.63, 3.8) is 0 Å². The average Bonchev–Trinajstić information content (AvgIpc) is 2.37. The molecule has 0 aliphatic carbocycles. The molecule has 0 saturated carbocycles. The van der Waals surface area contributed by atoms with Gasteiger partial charge < -0.3 is 9.47 Å². The lowest BCUT2D eigenvalue weighted by Gasteiger charge is -2.09. The van der Waals surface area contributed by atoms with Gasteiger partial charge in [-0.1, -0.05) is 12.1 Å². The topological polar surface area (TPSA) is 57.1 Å². The Bertz CT molecular complexity index is 576. The lowest BCUT2D eigenvalue weighted by Crippen LogP contribution is -2.09. The van der Waals surface area contributed by atoms with E-state index in [0.717, 1.165) is 11.3 Å². The number of aromatic nitrogens is 3. The Morgan fingerprint density at radius 3 is 2.63 bits per heavy atom. The fourth-order valence-corrected chi connectivity index (χ4v) is 1.64. The molecule has 0 fully saturated rings. The Kier molecular flexibility index (Phi) is 4.16. The fraction of sp³-hybridized carbons (Fsp3) is 0.308. The number of methoxy groups -OCH3 is 1. The predicted octanol–water partition coefficient (Wildman–Crippen LogP) is 2.99. The molecule has 6 heteroatoms. The van der Waals surface area contributed by atoms with Crippen LogP contribution < -0.4 is 9.47 Å². The average molecular weight is 280 g/mol. The summed E-state index contributed by atoms with van der Waals surface area (Å²) < 4.78 is 10.6. The highest BCUT2D eigenvalue weighted by atomic mass is 35.5. The normalized spacial score (nSPS) is 10.6. The quantitative estimate of drug-likeness (QED) is 0.861. The first-order valence-corrected chi connectivity index (χ1v) is 6.19. The van der Waals surface area contributed by atoms with Crippen molar-refractivity contribution in [2.24, 2.45) is 0 Å². The van der Waals surface area contributed by atoms with E-state index < -0.39 is 0 Å². The summed E-state index contributed by atoms with van der Waals surface area (Å²) in [4.78, 5) is 12.3. The lowest BCUT2D eigenvalue weighted by atomic mass is 10.2. The second kappa shape index (κ2) is 5.84. The summed E-state index contributed by atoms with van der Waals surface area (Å²) in [5.41, 5.74) is 0.789. The first kappa shape index (κ1) is 13.5. The second-order valence-corrected chi connectivity index (χ2v) is 4.45. The van der Waals surface area contributed by atoms with Crippen molar-refractivity contribution in [1.29, 1.82) is 0 Å². The molecule has 1 aromatic heterocycles. The molecule has 0 aliphatic rings. The minimum Gasteiger partial charge on any atom is -0.497 e. The van der Waals surface area contributed by atoms with Gasteiger partial charge in [-0.05, 0) is 37.6 Å². The molecule has 5 nitrogen and oxygen atoms in total. The molecular formula is C13H14ClN3O2. The molecule has 0 N–H and O–H groups in total. The molecule has 0 unspecified atom stereocenters. The minimum atomic E-state index is -0.0309. The van der Waals surface area contributed by atoms with Crippen molar-refractivity contribution in [3.8, 4) is 23.1 Å². The van der Waals surface area contributed by atoms with E-state index in [1.165, 1.54) is 0 Å². The van der Waals surface area contributed by atoms with Crippen LogP contribution in [0.4, 0.5) is 0 Å². The number of halogens is 1. The molecule has 1 aromatic carbocycles. The van der Waals surface area contributed by atoms with Crippen LogP contribution in [-0.4, -0.2) is 28.2 Å². The van der Waals surface area contributed by atoms with Gasteiger partial charge in [-0.3, -0.25) is 0 Å². The zero-order valence-corrected chi connectivity index (χ0v) is 11.7. The summed E-state index contributed by atoms with van der Waals surface area (Å²) in [5.74, 6) is 1.18. The lowest BCUT2D eigenvalue weighted by molar-refractivity contribution is 0.222. The molecule has 0 bridgehead atoms. The first-order valence-electron chi connectivity index (χ1n) is 5.81. The SMILES string of the molecule is COc1cccc(-c2nc(Cl)nc(OC(C)C)n2)c1. The highest BCUT2D eigenvalue weighted by Crippen LogP contribution is 2.23. The van der Waals surface area contributed by atoms with Crippen molar-refractivity contribution in [2.45, 2.75) is 20.0 Å². The van der Waals surface area contributed by atoms with Gasteiger partial charge in [0.1, 0.15) is 5.75 Å². The Morgan fingerprint density at radius 1 is 1.16 bits per heavy atom. The van der Waals surface area contributed by atoms with Gasteiger partial charge in [-0.15, -0.1) is 0 Å². The Morgan fingerprint density at radius 2 is 1.95 bits per heavy atom. The van der Waals surface area contributed by atoms with Crippen LogP contribution in [0.1, 0.15) is 13.8 Å². The van der Waals surface area contributed by atoms with Crippen LogP contribution in [0, 0.1) is 0 Å². The van der Waals surface area contributed by atoms with Crippen molar-refractivity contribution in [3.05, 3.63) is 29.5 Å². The van der Waals surface area contributed by atoms with E-state index in [-0.39, 0.29) is 17.4 Å². The van der Waals surface area contributed by atoms with Gasteiger partial charge in [-0.25, -0.2) is 0 Å². The van der Waals surface area contributed by atoms with Crippen LogP contribution in [0.15, 0.2) is 24.3 Å². The van der Waals surface area contributed by atoms with Gasteiger partial charge >= 0.3 is 6.01 Å². The summed E-state index contributed by atoms with van der Waals surface area (Å²) in [6.07, 6.45) is -0.0309. The third kappa shape index (κ3) is 3.54. The molecule has 0 radical (unpaired) electrons. The van der Waals surface area contributed by atoms with Crippen molar-refractivity contribution >= 4 is 11.6 Å². The van der Waals surface area contributed by atoms with Crippen LogP contribution in [0.5, 0.6) is 11.8 Å². The van der Waals surface area contributed by atoms with E-state index in [1.54, 1.807) is 7.11 Å². The van der Waals surface area contributed by atoms with Gasteiger partial charge in [0.2, 0.25) is 5.28 Å². The molecule has 2 aromatic rings. The predicted molar refractivity (Wildman–Crippen MR) is 72.6 cm³/mol. The molecule has 2 rings (SSSR count). The number of hydrogen-bond donors (Lipinski definition) is 0. The number of nitrogens with zero attached hydrogens (tertiary/aromatic N) is 3. The molecule has 0 amide bonds. The van der Waals surface area contributed by atoms with Gasteiger partial charge in [-0.2, -0.15) is 15.0 Å². The van der Waals surface area contributed by atoms with Gasteiger partial charge in [0, 0.05) is 5.56 Å². The maximum absolute atomic E-state index is 5.88. The molecule has 0 saturated heterocycles. The summed E-state index contributed by atoms with van der Waals surface area (Å²) in [6, 6.07) is 7.61. The molecule has 0 atom stereocenters. The van der Waals surface area contributed by atoms with Gasteiger partial charge in [0.25, 0.3) is 0 Å². The highest BCUT2D eigenvalue weighted by molar-refractivity contribution is 6.28. The van der Waals surface area contributed by atoms with E-state index in [4.69, 9.17) is 21.1 Å². The fourth-order valence-electron chi connectivity index (χ4n) is 1.49. The van der Waals surface area contributed by atoms with E-state index >= 15 is 0 Å². The van der Waals surface area contributed by atoms with Crippen molar-refractivity contribution in [2.75, 3.05) is 7.11 Å². The zero-order valence-electron chi connectivity index (χ0n) is 10.9. The summed E-state index contributed by atoms with van der Waals surface area (Å²) in [6.45, 7) is 3.78. The number of ether oxygens (including phenoxy) is 2. The van der Waals surface area contributed by atoms with E-state index in [0.29, 0.717) is 5.82 Å². The molecule has 0 aliphatic heterocycles.